The minimum atomic E-state index is -3.35. The van der Waals surface area contributed by atoms with E-state index in [1.807, 2.05) is 0 Å². The molecular formula is C15H11F2N3O2. The third-order valence-electron chi connectivity index (χ3n) is 3.27. The van der Waals surface area contributed by atoms with E-state index in [1.54, 1.807) is 36.5 Å². The molecule has 2 aromatic heterocycles. The first kappa shape index (κ1) is 14.1. The number of carboxylic acid groups (broad SMARTS) is 1. The van der Waals surface area contributed by atoms with Crippen LogP contribution in [0.4, 0.5) is 8.78 Å². The number of rotatable bonds is 3. The number of alkyl halides is 2. The summed E-state index contributed by atoms with van der Waals surface area (Å²) >= 11 is 0. The fourth-order valence-electron chi connectivity index (χ4n) is 2.38. The first-order valence-electron chi connectivity index (χ1n) is 6.43. The van der Waals surface area contributed by atoms with E-state index >= 15 is 0 Å². The molecule has 1 aromatic carbocycles. The summed E-state index contributed by atoms with van der Waals surface area (Å²) < 4.78 is 28.8. The summed E-state index contributed by atoms with van der Waals surface area (Å²) in [5.74, 6) is -4.80. The molecule has 112 valence electrons. The van der Waals surface area contributed by atoms with Crippen LogP contribution in [0.2, 0.25) is 0 Å². The number of pyridine rings is 1. The van der Waals surface area contributed by atoms with Crippen LogP contribution >= 0.6 is 0 Å². The maximum Gasteiger partial charge on any atom is 0.339 e. The van der Waals surface area contributed by atoms with Gasteiger partial charge in [0.05, 0.1) is 17.4 Å². The Morgan fingerprint density at radius 3 is 2.73 bits per heavy atom. The van der Waals surface area contributed by atoms with Gasteiger partial charge < -0.3 is 5.11 Å². The summed E-state index contributed by atoms with van der Waals surface area (Å²) in [5, 5.41) is 13.6. The second kappa shape index (κ2) is 4.87. The number of aromatic nitrogens is 3. The Morgan fingerprint density at radius 1 is 1.27 bits per heavy atom. The zero-order valence-corrected chi connectivity index (χ0v) is 11.5. The number of carbonyl (C=O) groups is 1. The highest BCUT2D eigenvalue weighted by atomic mass is 19.3. The van der Waals surface area contributed by atoms with Crippen LogP contribution < -0.4 is 0 Å². The Bertz CT molecular complexity index is 863. The van der Waals surface area contributed by atoms with Crippen molar-refractivity contribution in [1.29, 1.82) is 0 Å². The molecule has 0 atom stereocenters. The molecule has 0 amide bonds. The van der Waals surface area contributed by atoms with Gasteiger partial charge in [0.1, 0.15) is 11.3 Å². The van der Waals surface area contributed by atoms with Crippen molar-refractivity contribution >= 4 is 16.9 Å². The maximum absolute atomic E-state index is 13.9. The van der Waals surface area contributed by atoms with Gasteiger partial charge in [-0.2, -0.15) is 13.9 Å². The van der Waals surface area contributed by atoms with Crippen molar-refractivity contribution in [3.63, 3.8) is 0 Å². The Balaban J connectivity index is 2.35. The van der Waals surface area contributed by atoms with Gasteiger partial charge in [-0.25, -0.2) is 9.48 Å². The molecule has 2 heterocycles. The van der Waals surface area contributed by atoms with Gasteiger partial charge in [0.2, 0.25) is 0 Å². The number of aromatic carboxylic acids is 1. The standard InChI is InChI=1S/C15H11F2N3O2/c1-15(16,17)13-10(14(21)22)8-19-20(13)12-6-2-5-11-9(12)4-3-7-18-11/h2-8H,1H3,(H,21,22). The van der Waals surface area contributed by atoms with Crippen LogP contribution in [0, 0.1) is 0 Å². The largest absolute Gasteiger partial charge is 0.478 e. The highest BCUT2D eigenvalue weighted by molar-refractivity contribution is 5.91. The van der Waals surface area contributed by atoms with Gasteiger partial charge in [-0.3, -0.25) is 4.98 Å². The molecule has 7 heteroatoms. The normalized spacial score (nSPS) is 11.8. The lowest BCUT2D eigenvalue weighted by Crippen LogP contribution is -2.18. The Kier molecular flexibility index (Phi) is 3.13. The smallest absolute Gasteiger partial charge is 0.339 e. The molecule has 3 aromatic rings. The van der Waals surface area contributed by atoms with E-state index in [0.717, 1.165) is 10.9 Å². The van der Waals surface area contributed by atoms with E-state index < -0.39 is 23.1 Å². The molecule has 0 aliphatic heterocycles. The van der Waals surface area contributed by atoms with Gasteiger partial charge in [0.25, 0.3) is 5.92 Å². The average molecular weight is 303 g/mol. The van der Waals surface area contributed by atoms with Crippen molar-refractivity contribution in [2.24, 2.45) is 0 Å². The minimum absolute atomic E-state index is 0.356. The van der Waals surface area contributed by atoms with Crippen LogP contribution in [0.25, 0.3) is 16.6 Å². The fourth-order valence-corrected chi connectivity index (χ4v) is 2.38. The first-order chi connectivity index (χ1) is 10.4. The molecule has 22 heavy (non-hydrogen) atoms. The highest BCUT2D eigenvalue weighted by Crippen LogP contribution is 2.33. The molecule has 0 saturated carbocycles. The first-order valence-corrected chi connectivity index (χ1v) is 6.43. The Morgan fingerprint density at radius 2 is 2.05 bits per heavy atom. The van der Waals surface area contributed by atoms with Crippen molar-refractivity contribution in [1.82, 2.24) is 14.8 Å². The van der Waals surface area contributed by atoms with E-state index in [-0.39, 0.29) is 0 Å². The van der Waals surface area contributed by atoms with E-state index in [0.29, 0.717) is 23.5 Å². The summed E-state index contributed by atoms with van der Waals surface area (Å²) in [6, 6.07) is 8.39. The maximum atomic E-state index is 13.9. The molecular weight excluding hydrogens is 292 g/mol. The SMILES string of the molecule is CC(F)(F)c1c(C(=O)O)cnn1-c1cccc2ncccc12. The number of hydrogen-bond donors (Lipinski definition) is 1. The molecule has 0 aliphatic carbocycles. The van der Waals surface area contributed by atoms with Crippen molar-refractivity contribution in [3.05, 3.63) is 54.0 Å². The third kappa shape index (κ3) is 2.20. The van der Waals surface area contributed by atoms with Crippen LogP contribution in [-0.4, -0.2) is 25.8 Å². The lowest BCUT2D eigenvalue weighted by atomic mass is 10.1. The molecule has 0 fully saturated rings. The van der Waals surface area contributed by atoms with Crippen molar-refractivity contribution in [3.8, 4) is 5.69 Å². The lowest BCUT2D eigenvalue weighted by Gasteiger charge is -2.15. The van der Waals surface area contributed by atoms with Crippen molar-refractivity contribution in [2.45, 2.75) is 12.8 Å². The Labute approximate surface area is 123 Å². The number of nitrogens with zero attached hydrogens (tertiary/aromatic N) is 3. The molecule has 0 spiro atoms. The number of fused-ring (bicyclic) bond motifs is 1. The van der Waals surface area contributed by atoms with Crippen LogP contribution in [0.1, 0.15) is 23.0 Å². The molecule has 0 bridgehead atoms. The summed E-state index contributed by atoms with van der Waals surface area (Å²) in [6.45, 7) is 0.649. The monoisotopic (exact) mass is 303 g/mol. The predicted molar refractivity (Wildman–Crippen MR) is 75.4 cm³/mol. The lowest BCUT2D eigenvalue weighted by molar-refractivity contribution is 0.00839. The predicted octanol–water partition coefficient (Wildman–Crippen LogP) is 3.23. The van der Waals surface area contributed by atoms with E-state index in [2.05, 4.69) is 10.1 Å². The molecule has 0 unspecified atom stereocenters. The van der Waals surface area contributed by atoms with Crippen LogP contribution in [-0.2, 0) is 5.92 Å². The number of benzene rings is 1. The average Bonchev–Trinajstić information content (AvgIpc) is 2.91. The van der Waals surface area contributed by atoms with E-state index in [1.165, 1.54) is 0 Å². The van der Waals surface area contributed by atoms with E-state index in [4.69, 9.17) is 5.11 Å². The summed E-state index contributed by atoms with van der Waals surface area (Å²) in [7, 11) is 0. The topological polar surface area (TPSA) is 68.0 Å². The van der Waals surface area contributed by atoms with Gasteiger partial charge in [0, 0.05) is 18.5 Å². The summed E-state index contributed by atoms with van der Waals surface area (Å²) in [5.41, 5.74) is -0.211. The Hall–Kier alpha value is -2.83. The molecule has 0 saturated heterocycles. The third-order valence-corrected chi connectivity index (χ3v) is 3.27. The molecule has 0 aliphatic rings. The van der Waals surface area contributed by atoms with E-state index in [9.17, 15) is 13.6 Å². The molecule has 5 nitrogen and oxygen atoms in total. The number of hydrogen-bond acceptors (Lipinski definition) is 3. The van der Waals surface area contributed by atoms with Crippen molar-refractivity contribution < 1.29 is 18.7 Å². The zero-order valence-electron chi connectivity index (χ0n) is 11.5. The molecule has 1 N–H and O–H groups in total. The van der Waals surface area contributed by atoms with Gasteiger partial charge in [-0.05, 0) is 24.3 Å². The van der Waals surface area contributed by atoms with Gasteiger partial charge in [-0.1, -0.05) is 6.07 Å². The van der Waals surface area contributed by atoms with Gasteiger partial charge in [0.15, 0.2) is 0 Å². The quantitative estimate of drug-likeness (QED) is 0.806. The van der Waals surface area contributed by atoms with Crippen LogP contribution in [0.15, 0.2) is 42.7 Å². The fraction of sp³-hybridized carbons (Fsp3) is 0.133. The number of carboxylic acids is 1. The van der Waals surface area contributed by atoms with Crippen LogP contribution in [0.3, 0.4) is 0 Å². The number of halogens is 2. The minimum Gasteiger partial charge on any atom is -0.478 e. The van der Waals surface area contributed by atoms with Gasteiger partial charge >= 0.3 is 5.97 Å². The van der Waals surface area contributed by atoms with Crippen molar-refractivity contribution in [2.75, 3.05) is 0 Å². The van der Waals surface area contributed by atoms with Gasteiger partial charge in [-0.15, -0.1) is 0 Å². The van der Waals surface area contributed by atoms with Crippen LogP contribution in [0.5, 0.6) is 0 Å². The summed E-state index contributed by atoms with van der Waals surface area (Å²) in [4.78, 5) is 15.3. The zero-order chi connectivity index (χ0) is 15.9. The second-order valence-electron chi connectivity index (χ2n) is 4.86. The second-order valence-corrected chi connectivity index (χ2v) is 4.86. The summed E-state index contributed by atoms with van der Waals surface area (Å²) in [6.07, 6.45) is 2.53. The highest BCUT2D eigenvalue weighted by Gasteiger charge is 2.36. The molecule has 0 radical (unpaired) electrons. The molecule has 3 rings (SSSR count).